The van der Waals surface area contributed by atoms with E-state index in [1.54, 1.807) is 23.9 Å². The fraction of sp³-hybridized carbons (Fsp3) is 0.345. The normalized spacial score (nSPS) is 13.6. The number of aromatic nitrogens is 5. The molecule has 0 saturated heterocycles. The molecule has 6 rings (SSSR count). The number of hydrogen-bond acceptors (Lipinski definition) is 8. The number of thiophene rings is 1. The van der Waals surface area contributed by atoms with Gasteiger partial charge in [0.15, 0.2) is 5.13 Å². The fourth-order valence-corrected chi connectivity index (χ4v) is 6.98. The van der Waals surface area contributed by atoms with Crippen LogP contribution in [-0.4, -0.2) is 37.3 Å². The number of benzene rings is 1. The number of amides is 2. The number of urea groups is 1. The first kappa shape index (κ1) is 26.4. The van der Waals surface area contributed by atoms with Crippen molar-refractivity contribution >= 4 is 55.6 Å². The van der Waals surface area contributed by atoms with E-state index in [2.05, 4.69) is 52.9 Å². The van der Waals surface area contributed by atoms with Crippen molar-refractivity contribution in [2.45, 2.75) is 52.0 Å². The molecule has 1 aliphatic rings. The fourth-order valence-electron chi connectivity index (χ4n) is 5.12. The SMILES string of the molecule is Cc1cccc(NC(=O)Nc2ncc(CCNc3ncnc4cc(-c5cnn(CCC6CCCC6)c5)sc34)s2)c1. The van der Waals surface area contributed by atoms with Crippen molar-refractivity contribution in [1.82, 2.24) is 24.7 Å². The zero-order chi connectivity index (χ0) is 27.3. The molecule has 40 heavy (non-hydrogen) atoms. The van der Waals surface area contributed by atoms with Gasteiger partial charge in [0, 0.05) is 52.9 Å². The number of hydrogen-bond donors (Lipinski definition) is 3. The first-order valence-corrected chi connectivity index (χ1v) is 15.3. The Hall–Kier alpha value is -3.83. The highest BCUT2D eigenvalue weighted by Gasteiger charge is 2.16. The molecule has 206 valence electrons. The topological polar surface area (TPSA) is 110 Å². The van der Waals surface area contributed by atoms with Crippen molar-refractivity contribution in [2.24, 2.45) is 5.92 Å². The summed E-state index contributed by atoms with van der Waals surface area (Å²) in [5, 5.41) is 14.3. The van der Waals surface area contributed by atoms with E-state index in [1.807, 2.05) is 37.4 Å². The Kier molecular flexibility index (Phi) is 8.01. The lowest BCUT2D eigenvalue weighted by molar-refractivity contribution is 0.262. The molecule has 11 heteroatoms. The van der Waals surface area contributed by atoms with Crippen LogP contribution >= 0.6 is 22.7 Å². The second-order valence-corrected chi connectivity index (χ2v) is 12.4. The maximum absolute atomic E-state index is 12.3. The third-order valence-corrected chi connectivity index (χ3v) is 9.34. The number of nitrogens with one attached hydrogen (secondary N) is 3. The first-order valence-electron chi connectivity index (χ1n) is 13.7. The summed E-state index contributed by atoms with van der Waals surface area (Å²) in [5.74, 6) is 1.69. The first-order chi connectivity index (χ1) is 19.6. The van der Waals surface area contributed by atoms with Gasteiger partial charge in [-0.3, -0.25) is 10.00 Å². The van der Waals surface area contributed by atoms with Crippen molar-refractivity contribution in [3.63, 3.8) is 0 Å². The van der Waals surface area contributed by atoms with Gasteiger partial charge in [0.2, 0.25) is 0 Å². The lowest BCUT2D eigenvalue weighted by Crippen LogP contribution is -2.19. The van der Waals surface area contributed by atoms with E-state index in [9.17, 15) is 4.79 Å². The number of carbonyl (C=O) groups excluding carboxylic acids is 1. The Bertz CT molecular complexity index is 1600. The van der Waals surface area contributed by atoms with Crippen LogP contribution in [0.15, 0.2) is 55.2 Å². The highest BCUT2D eigenvalue weighted by Crippen LogP contribution is 2.36. The molecule has 0 unspecified atom stereocenters. The van der Waals surface area contributed by atoms with Gasteiger partial charge in [-0.15, -0.1) is 22.7 Å². The molecule has 0 radical (unpaired) electrons. The molecule has 0 aliphatic heterocycles. The van der Waals surface area contributed by atoms with Gasteiger partial charge in [0.1, 0.15) is 12.1 Å². The smallest absolute Gasteiger partial charge is 0.325 e. The van der Waals surface area contributed by atoms with Crippen molar-refractivity contribution in [3.8, 4) is 10.4 Å². The quantitative estimate of drug-likeness (QED) is 0.163. The number of anilines is 3. The summed E-state index contributed by atoms with van der Waals surface area (Å²) in [7, 11) is 0. The van der Waals surface area contributed by atoms with Gasteiger partial charge in [0.25, 0.3) is 0 Å². The molecule has 1 aromatic carbocycles. The van der Waals surface area contributed by atoms with Crippen LogP contribution in [0, 0.1) is 12.8 Å². The number of aryl methyl sites for hydroxylation is 2. The van der Waals surface area contributed by atoms with Gasteiger partial charge < -0.3 is 10.6 Å². The molecular weight excluding hydrogens is 541 g/mol. The third kappa shape index (κ3) is 6.48. The van der Waals surface area contributed by atoms with E-state index in [1.165, 1.54) is 43.4 Å². The van der Waals surface area contributed by atoms with Crippen LogP contribution in [0.5, 0.6) is 0 Å². The maximum Gasteiger partial charge on any atom is 0.325 e. The van der Waals surface area contributed by atoms with Crippen molar-refractivity contribution < 1.29 is 4.79 Å². The maximum atomic E-state index is 12.3. The number of fused-ring (bicyclic) bond motifs is 1. The minimum absolute atomic E-state index is 0.305. The average Bonchev–Trinajstić information content (AvgIpc) is 3.75. The standard InChI is InChI=1S/C29H32N8OS2/c1-19-5-4-8-22(13-19)35-28(38)36-29-31-16-23(39-29)9-11-30-27-26-24(32-18-33-27)14-25(40-26)21-15-34-37(17-21)12-10-20-6-2-3-7-20/h4-5,8,13-18,20H,2-3,6-7,9-12H2,1H3,(H,30,32,33)(H2,31,35,36,38). The number of rotatable bonds is 10. The minimum atomic E-state index is -0.305. The van der Waals surface area contributed by atoms with E-state index in [0.29, 0.717) is 11.7 Å². The summed E-state index contributed by atoms with van der Waals surface area (Å²) in [6, 6.07) is 9.49. The number of thiazole rings is 1. The monoisotopic (exact) mass is 572 g/mol. The van der Waals surface area contributed by atoms with Gasteiger partial charge in [-0.2, -0.15) is 5.10 Å². The summed E-state index contributed by atoms with van der Waals surface area (Å²) in [5.41, 5.74) is 3.89. The van der Waals surface area contributed by atoms with Crippen LogP contribution < -0.4 is 16.0 Å². The molecule has 3 N–H and O–H groups in total. The molecule has 1 aliphatic carbocycles. The third-order valence-electron chi connectivity index (χ3n) is 7.18. The molecule has 0 spiro atoms. The molecule has 1 saturated carbocycles. The van der Waals surface area contributed by atoms with E-state index in [0.717, 1.165) is 61.5 Å². The lowest BCUT2D eigenvalue weighted by atomic mass is 10.0. The molecule has 9 nitrogen and oxygen atoms in total. The van der Waals surface area contributed by atoms with Crippen molar-refractivity contribution in [2.75, 3.05) is 22.5 Å². The Labute approximate surface area is 241 Å². The molecule has 4 heterocycles. The zero-order valence-corrected chi connectivity index (χ0v) is 24.0. The average molecular weight is 573 g/mol. The highest BCUT2D eigenvalue weighted by atomic mass is 32.1. The second kappa shape index (κ2) is 12.1. The number of nitrogens with zero attached hydrogens (tertiary/aromatic N) is 5. The van der Waals surface area contributed by atoms with E-state index in [-0.39, 0.29) is 6.03 Å². The van der Waals surface area contributed by atoms with E-state index >= 15 is 0 Å². The summed E-state index contributed by atoms with van der Waals surface area (Å²) in [6.07, 6.45) is 15.0. The Morgan fingerprint density at radius 3 is 2.85 bits per heavy atom. The van der Waals surface area contributed by atoms with E-state index in [4.69, 9.17) is 0 Å². The summed E-state index contributed by atoms with van der Waals surface area (Å²) in [6.45, 7) is 3.66. The second-order valence-electron chi connectivity index (χ2n) is 10.2. The molecule has 0 atom stereocenters. The summed E-state index contributed by atoms with van der Waals surface area (Å²) >= 11 is 3.15. The van der Waals surface area contributed by atoms with Gasteiger partial charge in [-0.05, 0) is 43.0 Å². The molecule has 0 bridgehead atoms. The summed E-state index contributed by atoms with van der Waals surface area (Å²) in [4.78, 5) is 27.9. The lowest BCUT2D eigenvalue weighted by Gasteiger charge is -2.07. The van der Waals surface area contributed by atoms with Crippen LogP contribution in [0.2, 0.25) is 0 Å². The van der Waals surface area contributed by atoms with Crippen LogP contribution in [0.4, 0.5) is 21.4 Å². The Balaban J connectivity index is 1.03. The predicted molar refractivity (Wildman–Crippen MR) is 163 cm³/mol. The number of carbonyl (C=O) groups is 1. The molecule has 5 aromatic rings. The Morgan fingerprint density at radius 2 is 1.98 bits per heavy atom. The van der Waals surface area contributed by atoms with Gasteiger partial charge in [-0.1, -0.05) is 37.8 Å². The van der Waals surface area contributed by atoms with Crippen LogP contribution in [0.25, 0.3) is 20.7 Å². The molecular formula is C29H32N8OS2. The highest BCUT2D eigenvalue weighted by molar-refractivity contribution is 7.22. The van der Waals surface area contributed by atoms with Crippen molar-refractivity contribution in [3.05, 3.63) is 65.7 Å². The molecule has 4 aromatic heterocycles. The molecule has 2 amide bonds. The largest absolute Gasteiger partial charge is 0.368 e. The summed E-state index contributed by atoms with van der Waals surface area (Å²) < 4.78 is 3.11. The minimum Gasteiger partial charge on any atom is -0.368 e. The molecule has 1 fully saturated rings. The zero-order valence-electron chi connectivity index (χ0n) is 22.4. The van der Waals surface area contributed by atoms with Crippen molar-refractivity contribution in [1.29, 1.82) is 0 Å². The van der Waals surface area contributed by atoms with Gasteiger partial charge >= 0.3 is 6.03 Å². The Morgan fingerprint density at radius 1 is 1.07 bits per heavy atom. The predicted octanol–water partition coefficient (Wildman–Crippen LogP) is 7.20. The van der Waals surface area contributed by atoms with Gasteiger partial charge in [-0.25, -0.2) is 19.7 Å². The van der Waals surface area contributed by atoms with E-state index < -0.39 is 0 Å². The van der Waals surface area contributed by atoms with Crippen LogP contribution in [0.3, 0.4) is 0 Å². The van der Waals surface area contributed by atoms with Crippen LogP contribution in [0.1, 0.15) is 42.5 Å². The van der Waals surface area contributed by atoms with Crippen LogP contribution in [-0.2, 0) is 13.0 Å². The van der Waals surface area contributed by atoms with Gasteiger partial charge in [0.05, 0.1) is 16.4 Å².